The summed E-state index contributed by atoms with van der Waals surface area (Å²) in [6, 6.07) is 5.02. The summed E-state index contributed by atoms with van der Waals surface area (Å²) in [5, 5.41) is 12.8. The average molecular weight is 246 g/mol. The van der Waals surface area contributed by atoms with Gasteiger partial charge >= 0.3 is 0 Å². The number of hydrogen-bond donors (Lipinski definition) is 4. The van der Waals surface area contributed by atoms with Crippen LogP contribution in [0.15, 0.2) is 23.0 Å². The van der Waals surface area contributed by atoms with Crippen molar-refractivity contribution in [3.63, 3.8) is 0 Å². The lowest BCUT2D eigenvalue weighted by Gasteiger charge is -2.14. The molecule has 0 bridgehead atoms. The predicted molar refractivity (Wildman–Crippen MR) is 69.4 cm³/mol. The molecule has 0 unspecified atom stereocenters. The zero-order valence-electron chi connectivity index (χ0n) is 9.73. The van der Waals surface area contributed by atoms with Crippen molar-refractivity contribution in [2.24, 2.45) is 0 Å². The molecule has 1 heterocycles. The van der Waals surface area contributed by atoms with Crippen LogP contribution in [0.3, 0.4) is 0 Å². The Bertz CT molecular complexity index is 661. The Balaban J connectivity index is 2.05. The molecule has 1 aromatic carbocycles. The number of nitrogens with zero attached hydrogens (tertiary/aromatic N) is 1. The predicted octanol–water partition coefficient (Wildman–Crippen LogP) is 0.442. The Morgan fingerprint density at radius 2 is 2.28 bits per heavy atom. The number of aliphatic hydroxyl groups is 1. The highest BCUT2D eigenvalue weighted by atomic mass is 16.3. The number of nitrogens with two attached hydrogens (primary N) is 1. The minimum Gasteiger partial charge on any atom is -0.399 e. The van der Waals surface area contributed by atoms with Gasteiger partial charge in [0.15, 0.2) is 0 Å². The van der Waals surface area contributed by atoms with Gasteiger partial charge in [0.1, 0.15) is 0 Å². The van der Waals surface area contributed by atoms with E-state index in [0.29, 0.717) is 22.5 Å². The third-order valence-corrected chi connectivity index (χ3v) is 3.27. The first-order valence-electron chi connectivity index (χ1n) is 5.80. The van der Waals surface area contributed by atoms with Crippen molar-refractivity contribution in [3.8, 4) is 0 Å². The molecule has 1 fully saturated rings. The third-order valence-electron chi connectivity index (χ3n) is 3.27. The number of hydrogen-bond acceptors (Lipinski definition) is 5. The molecule has 0 amide bonds. The second-order valence-electron chi connectivity index (χ2n) is 4.75. The van der Waals surface area contributed by atoms with E-state index < -0.39 is 0 Å². The maximum atomic E-state index is 11.9. The van der Waals surface area contributed by atoms with Gasteiger partial charge in [-0.25, -0.2) is 4.98 Å². The van der Waals surface area contributed by atoms with Gasteiger partial charge in [0.05, 0.1) is 23.0 Å². The Labute approximate surface area is 103 Å². The lowest BCUT2D eigenvalue weighted by Crippen LogP contribution is -2.28. The van der Waals surface area contributed by atoms with E-state index in [1.54, 1.807) is 18.2 Å². The molecule has 1 saturated carbocycles. The minimum atomic E-state index is -0.308. The van der Waals surface area contributed by atoms with Crippen molar-refractivity contribution in [2.75, 3.05) is 17.7 Å². The van der Waals surface area contributed by atoms with Gasteiger partial charge in [-0.15, -0.1) is 0 Å². The Hall–Kier alpha value is -2.08. The SMILES string of the molecule is Nc1ccc2nc(NC3(CO)CC3)[nH]c(=O)c2c1. The van der Waals surface area contributed by atoms with Crippen molar-refractivity contribution >= 4 is 22.5 Å². The molecular formula is C12H14N4O2. The number of aliphatic hydroxyl groups excluding tert-OH is 1. The summed E-state index contributed by atoms with van der Waals surface area (Å²) >= 11 is 0. The molecule has 0 spiro atoms. The van der Waals surface area contributed by atoms with E-state index in [9.17, 15) is 9.90 Å². The zero-order chi connectivity index (χ0) is 12.8. The molecule has 1 aromatic heterocycles. The first-order valence-corrected chi connectivity index (χ1v) is 5.80. The summed E-state index contributed by atoms with van der Waals surface area (Å²) in [6.45, 7) is 0.0382. The van der Waals surface area contributed by atoms with Gasteiger partial charge in [-0.3, -0.25) is 9.78 Å². The third kappa shape index (κ3) is 1.80. The van der Waals surface area contributed by atoms with Gasteiger partial charge in [0, 0.05) is 5.69 Å². The molecule has 1 aliphatic rings. The largest absolute Gasteiger partial charge is 0.399 e. The van der Waals surface area contributed by atoms with E-state index in [1.165, 1.54) is 0 Å². The van der Waals surface area contributed by atoms with Gasteiger partial charge in [0.25, 0.3) is 5.56 Å². The van der Waals surface area contributed by atoms with Crippen LogP contribution in [0, 0.1) is 0 Å². The van der Waals surface area contributed by atoms with Crippen LogP contribution >= 0.6 is 0 Å². The van der Waals surface area contributed by atoms with E-state index >= 15 is 0 Å². The van der Waals surface area contributed by atoms with E-state index in [0.717, 1.165) is 12.8 Å². The number of H-pyrrole nitrogens is 1. The summed E-state index contributed by atoms with van der Waals surface area (Å²) in [7, 11) is 0. The highest BCUT2D eigenvalue weighted by Crippen LogP contribution is 2.37. The number of anilines is 2. The van der Waals surface area contributed by atoms with E-state index in [1.807, 2.05) is 0 Å². The summed E-state index contributed by atoms with van der Waals surface area (Å²) in [5.41, 5.74) is 6.21. The van der Waals surface area contributed by atoms with Crippen LogP contribution in [0.25, 0.3) is 10.9 Å². The smallest absolute Gasteiger partial charge is 0.260 e. The number of nitrogens with one attached hydrogen (secondary N) is 2. The highest BCUT2D eigenvalue weighted by molar-refractivity contribution is 5.81. The van der Waals surface area contributed by atoms with E-state index in [-0.39, 0.29) is 17.7 Å². The molecular weight excluding hydrogens is 232 g/mol. The van der Waals surface area contributed by atoms with Crippen molar-refractivity contribution in [2.45, 2.75) is 18.4 Å². The molecule has 2 aromatic rings. The second kappa shape index (κ2) is 3.71. The van der Waals surface area contributed by atoms with Crippen LogP contribution in [-0.4, -0.2) is 27.2 Å². The first-order chi connectivity index (χ1) is 8.62. The lowest BCUT2D eigenvalue weighted by atomic mass is 10.2. The molecule has 1 aliphatic carbocycles. The minimum absolute atomic E-state index is 0.0382. The Morgan fingerprint density at radius 1 is 1.50 bits per heavy atom. The van der Waals surface area contributed by atoms with Gasteiger partial charge < -0.3 is 16.2 Å². The maximum Gasteiger partial charge on any atom is 0.260 e. The molecule has 6 heteroatoms. The van der Waals surface area contributed by atoms with Gasteiger partial charge in [-0.1, -0.05) is 0 Å². The standard InChI is InChI=1S/C12H14N4O2/c13-7-1-2-9-8(5-7)10(18)15-11(14-9)16-12(6-17)3-4-12/h1-2,5,17H,3-4,6,13H2,(H2,14,15,16,18). The summed E-state index contributed by atoms with van der Waals surface area (Å²) in [6.07, 6.45) is 1.76. The molecule has 0 aliphatic heterocycles. The van der Waals surface area contributed by atoms with Crippen molar-refractivity contribution in [1.29, 1.82) is 0 Å². The normalized spacial score (nSPS) is 16.7. The molecule has 0 radical (unpaired) electrons. The summed E-state index contributed by atoms with van der Waals surface area (Å²) in [5.74, 6) is 0.392. The van der Waals surface area contributed by atoms with E-state index in [2.05, 4.69) is 15.3 Å². The monoisotopic (exact) mass is 246 g/mol. The van der Waals surface area contributed by atoms with Gasteiger partial charge in [-0.2, -0.15) is 0 Å². The summed E-state index contributed by atoms with van der Waals surface area (Å²) < 4.78 is 0. The van der Waals surface area contributed by atoms with Crippen LogP contribution in [-0.2, 0) is 0 Å². The summed E-state index contributed by atoms with van der Waals surface area (Å²) in [4.78, 5) is 18.9. The first kappa shape index (κ1) is 11.0. The van der Waals surface area contributed by atoms with Gasteiger partial charge in [-0.05, 0) is 31.0 Å². The maximum absolute atomic E-state index is 11.9. The zero-order valence-corrected chi connectivity index (χ0v) is 9.73. The van der Waals surface area contributed by atoms with Crippen LogP contribution < -0.4 is 16.6 Å². The van der Waals surface area contributed by atoms with Crippen molar-refractivity contribution in [1.82, 2.24) is 9.97 Å². The Kier molecular flexibility index (Phi) is 2.27. The van der Waals surface area contributed by atoms with E-state index in [4.69, 9.17) is 5.73 Å². The number of nitrogen functional groups attached to an aromatic ring is 1. The van der Waals surface area contributed by atoms with Crippen molar-refractivity contribution in [3.05, 3.63) is 28.6 Å². The van der Waals surface area contributed by atoms with Crippen LogP contribution in [0.4, 0.5) is 11.6 Å². The van der Waals surface area contributed by atoms with Crippen LogP contribution in [0.1, 0.15) is 12.8 Å². The quantitative estimate of drug-likeness (QED) is 0.588. The van der Waals surface area contributed by atoms with Gasteiger partial charge in [0.2, 0.25) is 5.95 Å². The topological polar surface area (TPSA) is 104 Å². The van der Waals surface area contributed by atoms with Crippen LogP contribution in [0.2, 0.25) is 0 Å². The number of rotatable bonds is 3. The average Bonchev–Trinajstić information content (AvgIpc) is 3.11. The molecule has 3 rings (SSSR count). The number of aromatic amines is 1. The second-order valence-corrected chi connectivity index (χ2v) is 4.75. The van der Waals surface area contributed by atoms with Crippen molar-refractivity contribution < 1.29 is 5.11 Å². The fourth-order valence-electron chi connectivity index (χ4n) is 1.94. The van der Waals surface area contributed by atoms with Crippen LogP contribution in [0.5, 0.6) is 0 Å². The fourth-order valence-corrected chi connectivity index (χ4v) is 1.94. The molecule has 94 valence electrons. The number of fused-ring (bicyclic) bond motifs is 1. The molecule has 0 atom stereocenters. The molecule has 5 N–H and O–H groups in total. The lowest BCUT2D eigenvalue weighted by molar-refractivity contribution is 0.265. The highest BCUT2D eigenvalue weighted by Gasteiger charge is 2.42. The molecule has 6 nitrogen and oxygen atoms in total. The molecule has 18 heavy (non-hydrogen) atoms. The molecule has 0 saturated heterocycles. The number of aromatic nitrogens is 2. The Morgan fingerprint density at radius 3 is 2.94 bits per heavy atom. The number of benzene rings is 1. The fraction of sp³-hybridized carbons (Fsp3) is 0.333.